The van der Waals surface area contributed by atoms with Crippen molar-refractivity contribution in [3.63, 3.8) is 0 Å². The summed E-state index contributed by atoms with van der Waals surface area (Å²) >= 11 is 0. The van der Waals surface area contributed by atoms with Gasteiger partial charge in [-0.2, -0.15) is 0 Å². The molecule has 2 heterocycles. The summed E-state index contributed by atoms with van der Waals surface area (Å²) in [6.07, 6.45) is 8.95. The molecular weight excluding hydrogens is 250 g/mol. The van der Waals surface area contributed by atoms with Gasteiger partial charge in [-0.15, -0.1) is 0 Å². The summed E-state index contributed by atoms with van der Waals surface area (Å²) in [6.45, 7) is 6.01. The van der Waals surface area contributed by atoms with Gasteiger partial charge in [0.05, 0.1) is 6.54 Å². The number of carbonyl (C=O) groups excluding carboxylic acids is 1. The van der Waals surface area contributed by atoms with Crippen LogP contribution in [0, 0.1) is 5.92 Å². The van der Waals surface area contributed by atoms with Crippen LogP contribution in [0.25, 0.3) is 0 Å². The highest BCUT2D eigenvalue weighted by Crippen LogP contribution is 2.28. The standard InChI is InChI=1S/C16H29N3O/c20-16(19-8-2-1-3-9-19)13-18-10-6-15(7-11-18)17-12-14-4-5-14/h14-15,17H,1-13H2. The number of hydrogen-bond acceptors (Lipinski definition) is 3. The lowest BCUT2D eigenvalue weighted by molar-refractivity contribution is -0.133. The number of likely N-dealkylation sites (tertiary alicyclic amines) is 2. The van der Waals surface area contributed by atoms with Crippen LogP contribution in [0.3, 0.4) is 0 Å². The number of piperidine rings is 2. The lowest BCUT2D eigenvalue weighted by atomic mass is 10.0. The second-order valence-electron chi connectivity index (χ2n) is 6.84. The number of nitrogens with zero attached hydrogens (tertiary/aromatic N) is 2. The van der Waals surface area contributed by atoms with Gasteiger partial charge in [-0.25, -0.2) is 0 Å². The fraction of sp³-hybridized carbons (Fsp3) is 0.938. The van der Waals surface area contributed by atoms with Crippen molar-refractivity contribution in [1.82, 2.24) is 15.1 Å². The Hall–Kier alpha value is -0.610. The summed E-state index contributed by atoms with van der Waals surface area (Å²) in [4.78, 5) is 16.7. The molecule has 4 nitrogen and oxygen atoms in total. The fourth-order valence-electron chi connectivity index (χ4n) is 3.39. The van der Waals surface area contributed by atoms with E-state index in [4.69, 9.17) is 0 Å². The molecule has 0 aromatic carbocycles. The highest BCUT2D eigenvalue weighted by molar-refractivity contribution is 5.78. The van der Waals surface area contributed by atoms with Crippen molar-refractivity contribution in [3.8, 4) is 0 Å². The molecule has 0 unspecified atom stereocenters. The molecule has 1 aliphatic carbocycles. The topological polar surface area (TPSA) is 35.6 Å². The molecule has 2 aliphatic heterocycles. The first-order valence-electron chi connectivity index (χ1n) is 8.55. The van der Waals surface area contributed by atoms with E-state index in [1.807, 2.05) is 0 Å². The molecule has 1 amide bonds. The Morgan fingerprint density at radius 2 is 1.65 bits per heavy atom. The maximum absolute atomic E-state index is 12.2. The number of hydrogen-bond donors (Lipinski definition) is 1. The molecule has 3 aliphatic rings. The third-order valence-corrected chi connectivity index (χ3v) is 5.05. The van der Waals surface area contributed by atoms with Gasteiger partial charge in [-0.05, 0) is 57.4 Å². The maximum Gasteiger partial charge on any atom is 0.236 e. The smallest absolute Gasteiger partial charge is 0.236 e. The molecule has 0 aromatic rings. The van der Waals surface area contributed by atoms with Crippen molar-refractivity contribution in [3.05, 3.63) is 0 Å². The van der Waals surface area contributed by atoms with Gasteiger partial charge in [-0.3, -0.25) is 9.69 Å². The lowest BCUT2D eigenvalue weighted by Gasteiger charge is -2.34. The fourth-order valence-corrected chi connectivity index (χ4v) is 3.39. The Morgan fingerprint density at radius 3 is 2.30 bits per heavy atom. The molecule has 1 saturated carbocycles. The van der Waals surface area contributed by atoms with E-state index in [0.717, 1.165) is 32.1 Å². The summed E-state index contributed by atoms with van der Waals surface area (Å²) in [7, 11) is 0. The number of nitrogens with one attached hydrogen (secondary N) is 1. The van der Waals surface area contributed by atoms with Gasteiger partial charge in [0.15, 0.2) is 0 Å². The Morgan fingerprint density at radius 1 is 0.950 bits per heavy atom. The molecule has 0 aromatic heterocycles. The van der Waals surface area contributed by atoms with Gasteiger partial charge in [0.1, 0.15) is 0 Å². The monoisotopic (exact) mass is 279 g/mol. The number of rotatable bonds is 5. The molecule has 3 fully saturated rings. The summed E-state index contributed by atoms with van der Waals surface area (Å²) in [6, 6.07) is 0.692. The van der Waals surface area contributed by atoms with Crippen LogP contribution in [-0.4, -0.2) is 61.0 Å². The minimum atomic E-state index is 0.356. The Balaban J connectivity index is 1.33. The van der Waals surface area contributed by atoms with Crippen LogP contribution < -0.4 is 5.32 Å². The van der Waals surface area contributed by atoms with Crippen molar-refractivity contribution in [1.29, 1.82) is 0 Å². The molecule has 4 heteroatoms. The minimum Gasteiger partial charge on any atom is -0.342 e. The van der Waals surface area contributed by atoms with Gasteiger partial charge >= 0.3 is 0 Å². The first-order valence-corrected chi connectivity index (χ1v) is 8.55. The minimum absolute atomic E-state index is 0.356. The predicted molar refractivity (Wildman–Crippen MR) is 80.6 cm³/mol. The van der Waals surface area contributed by atoms with E-state index in [0.29, 0.717) is 18.5 Å². The van der Waals surface area contributed by atoms with Crippen LogP contribution in [0.1, 0.15) is 44.9 Å². The zero-order valence-corrected chi connectivity index (χ0v) is 12.6. The van der Waals surface area contributed by atoms with Gasteiger partial charge in [-0.1, -0.05) is 0 Å². The normalized spacial score (nSPS) is 25.9. The number of amides is 1. The first kappa shape index (κ1) is 14.3. The van der Waals surface area contributed by atoms with Crippen molar-refractivity contribution in [2.45, 2.75) is 51.0 Å². The highest BCUT2D eigenvalue weighted by atomic mass is 16.2. The predicted octanol–water partition coefficient (Wildman–Crippen LogP) is 1.46. The van der Waals surface area contributed by atoms with Crippen molar-refractivity contribution in [2.24, 2.45) is 5.92 Å². The van der Waals surface area contributed by atoms with Crippen molar-refractivity contribution in [2.75, 3.05) is 39.3 Å². The number of carbonyl (C=O) groups is 1. The molecule has 2 saturated heterocycles. The Bertz CT molecular complexity index is 316. The quantitative estimate of drug-likeness (QED) is 0.827. The average Bonchev–Trinajstić information content (AvgIpc) is 3.32. The summed E-state index contributed by atoms with van der Waals surface area (Å²) < 4.78 is 0. The maximum atomic E-state index is 12.2. The molecule has 1 N–H and O–H groups in total. The second kappa shape index (κ2) is 6.90. The molecule has 114 valence electrons. The van der Waals surface area contributed by atoms with E-state index in [2.05, 4.69) is 15.1 Å². The Kier molecular flexibility index (Phi) is 4.94. The van der Waals surface area contributed by atoms with E-state index in [1.54, 1.807) is 0 Å². The van der Waals surface area contributed by atoms with Crippen LogP contribution in [0.15, 0.2) is 0 Å². The van der Waals surface area contributed by atoms with E-state index >= 15 is 0 Å². The molecule has 0 atom stereocenters. The van der Waals surface area contributed by atoms with Gasteiger partial charge in [0.25, 0.3) is 0 Å². The van der Waals surface area contributed by atoms with Crippen LogP contribution in [-0.2, 0) is 4.79 Å². The zero-order valence-electron chi connectivity index (χ0n) is 12.6. The van der Waals surface area contributed by atoms with E-state index in [-0.39, 0.29) is 0 Å². The van der Waals surface area contributed by atoms with Crippen LogP contribution in [0.2, 0.25) is 0 Å². The van der Waals surface area contributed by atoms with Crippen LogP contribution >= 0.6 is 0 Å². The second-order valence-corrected chi connectivity index (χ2v) is 6.84. The first-order chi connectivity index (χ1) is 9.81. The van der Waals surface area contributed by atoms with Crippen LogP contribution in [0.5, 0.6) is 0 Å². The average molecular weight is 279 g/mol. The molecule has 0 spiro atoms. The third-order valence-electron chi connectivity index (χ3n) is 5.05. The highest BCUT2D eigenvalue weighted by Gasteiger charge is 2.26. The van der Waals surface area contributed by atoms with Crippen molar-refractivity contribution < 1.29 is 4.79 Å². The molecule has 0 radical (unpaired) electrons. The largest absolute Gasteiger partial charge is 0.342 e. The summed E-state index contributed by atoms with van der Waals surface area (Å²) in [5.41, 5.74) is 0. The van der Waals surface area contributed by atoms with Gasteiger partial charge in [0.2, 0.25) is 5.91 Å². The Labute approximate surface area is 122 Å². The van der Waals surface area contributed by atoms with E-state index < -0.39 is 0 Å². The molecular formula is C16H29N3O. The third kappa shape index (κ3) is 4.19. The SMILES string of the molecule is O=C(CN1CCC(NCC2CC2)CC1)N1CCCCC1. The summed E-state index contributed by atoms with van der Waals surface area (Å²) in [5, 5.41) is 3.70. The van der Waals surface area contributed by atoms with E-state index in [1.165, 1.54) is 51.5 Å². The van der Waals surface area contributed by atoms with Gasteiger partial charge < -0.3 is 10.2 Å². The van der Waals surface area contributed by atoms with Gasteiger partial charge in [0, 0.05) is 32.2 Å². The van der Waals surface area contributed by atoms with E-state index in [9.17, 15) is 4.79 Å². The lowest BCUT2D eigenvalue weighted by Crippen LogP contribution is -2.48. The molecule has 0 bridgehead atoms. The molecule has 20 heavy (non-hydrogen) atoms. The van der Waals surface area contributed by atoms with Crippen molar-refractivity contribution >= 4 is 5.91 Å². The molecule has 3 rings (SSSR count). The van der Waals surface area contributed by atoms with Crippen LogP contribution in [0.4, 0.5) is 0 Å². The zero-order chi connectivity index (χ0) is 13.8. The summed E-state index contributed by atoms with van der Waals surface area (Å²) in [5.74, 6) is 1.32.